The Morgan fingerprint density at radius 1 is 1.16 bits per heavy atom. The summed E-state index contributed by atoms with van der Waals surface area (Å²) in [5, 5.41) is 13.7. The van der Waals surface area contributed by atoms with Crippen LogP contribution in [0.25, 0.3) is 21.8 Å². The summed E-state index contributed by atoms with van der Waals surface area (Å²) < 4.78 is 5.34. The van der Waals surface area contributed by atoms with E-state index < -0.39 is 0 Å². The molecule has 6 nitrogen and oxygen atoms in total. The Morgan fingerprint density at radius 3 is 2.96 bits per heavy atom. The quantitative estimate of drug-likeness (QED) is 0.578. The Balaban J connectivity index is 1.62. The van der Waals surface area contributed by atoms with Crippen LogP contribution in [0.15, 0.2) is 24.4 Å². The molecule has 2 N–H and O–H groups in total. The number of nitrogens with one attached hydrogen (secondary N) is 2. The molecule has 0 radical (unpaired) electrons. The fourth-order valence-corrected chi connectivity index (χ4v) is 4.45. The maximum atomic E-state index is 5.34. The molecule has 25 heavy (non-hydrogen) atoms. The van der Waals surface area contributed by atoms with Gasteiger partial charge in [-0.3, -0.25) is 5.10 Å². The lowest BCUT2D eigenvalue weighted by Crippen LogP contribution is -1.99. The van der Waals surface area contributed by atoms with E-state index in [2.05, 4.69) is 15.5 Å². The minimum atomic E-state index is 0.736. The molecule has 126 valence electrons. The molecule has 1 aromatic carbocycles. The van der Waals surface area contributed by atoms with Crippen molar-refractivity contribution in [3.63, 3.8) is 0 Å². The molecule has 5 rings (SSSR count). The third-order valence-corrected chi connectivity index (χ3v) is 5.73. The van der Waals surface area contributed by atoms with Gasteiger partial charge in [0.05, 0.1) is 18.3 Å². The van der Waals surface area contributed by atoms with Crippen LogP contribution in [0, 0.1) is 0 Å². The number of nitrogens with zero attached hydrogens (tertiary/aromatic N) is 3. The van der Waals surface area contributed by atoms with E-state index in [0.717, 1.165) is 51.3 Å². The van der Waals surface area contributed by atoms with Gasteiger partial charge in [0, 0.05) is 21.8 Å². The number of H-pyrrole nitrogens is 1. The number of ether oxygens (including phenoxy) is 1. The Kier molecular flexibility index (Phi) is 3.34. The van der Waals surface area contributed by atoms with Crippen LogP contribution in [0.5, 0.6) is 5.75 Å². The highest BCUT2D eigenvalue weighted by atomic mass is 32.1. The number of rotatable bonds is 3. The summed E-state index contributed by atoms with van der Waals surface area (Å²) in [6.45, 7) is 0. The second-order valence-electron chi connectivity index (χ2n) is 6.21. The van der Waals surface area contributed by atoms with Crippen LogP contribution < -0.4 is 10.1 Å². The zero-order chi connectivity index (χ0) is 16.8. The number of thiazole rings is 1. The summed E-state index contributed by atoms with van der Waals surface area (Å²) in [5.74, 6) is 1.55. The van der Waals surface area contributed by atoms with Gasteiger partial charge in [0.25, 0.3) is 0 Å². The molecule has 0 atom stereocenters. The first-order chi connectivity index (χ1) is 12.3. The number of benzene rings is 1. The highest BCUT2D eigenvalue weighted by Crippen LogP contribution is 2.34. The van der Waals surface area contributed by atoms with E-state index in [1.807, 2.05) is 24.4 Å². The van der Waals surface area contributed by atoms with Crippen molar-refractivity contribution in [3.05, 3.63) is 35.0 Å². The van der Waals surface area contributed by atoms with E-state index in [-0.39, 0.29) is 0 Å². The number of pyridine rings is 1. The van der Waals surface area contributed by atoms with Gasteiger partial charge in [-0.2, -0.15) is 5.10 Å². The zero-order valence-corrected chi connectivity index (χ0v) is 14.6. The van der Waals surface area contributed by atoms with E-state index >= 15 is 0 Å². The summed E-state index contributed by atoms with van der Waals surface area (Å²) in [4.78, 5) is 10.9. The normalized spacial score (nSPS) is 14.0. The van der Waals surface area contributed by atoms with E-state index in [0.29, 0.717) is 0 Å². The molecule has 0 fully saturated rings. The third kappa shape index (κ3) is 2.42. The van der Waals surface area contributed by atoms with Gasteiger partial charge in [-0.05, 0) is 43.9 Å². The van der Waals surface area contributed by atoms with Crippen molar-refractivity contribution in [1.29, 1.82) is 0 Å². The number of fused-ring (bicyclic) bond motifs is 4. The van der Waals surface area contributed by atoms with E-state index in [1.165, 1.54) is 23.4 Å². The van der Waals surface area contributed by atoms with Crippen molar-refractivity contribution in [2.45, 2.75) is 25.7 Å². The number of anilines is 2. The van der Waals surface area contributed by atoms with Gasteiger partial charge in [0.1, 0.15) is 11.3 Å². The lowest BCUT2D eigenvalue weighted by atomic mass is 10.0. The first-order valence-electron chi connectivity index (χ1n) is 8.38. The summed E-state index contributed by atoms with van der Waals surface area (Å²) in [6, 6.07) is 5.89. The first kappa shape index (κ1) is 14.7. The molecule has 3 heterocycles. The summed E-state index contributed by atoms with van der Waals surface area (Å²) in [7, 11) is 1.67. The zero-order valence-electron chi connectivity index (χ0n) is 13.8. The minimum Gasteiger partial charge on any atom is -0.497 e. The number of aryl methyl sites for hydroxylation is 2. The smallest absolute Gasteiger partial charge is 0.188 e. The van der Waals surface area contributed by atoms with Gasteiger partial charge in [0.2, 0.25) is 0 Å². The Bertz CT molecular complexity index is 1060. The van der Waals surface area contributed by atoms with Crippen molar-refractivity contribution in [3.8, 4) is 5.75 Å². The Labute approximate surface area is 148 Å². The van der Waals surface area contributed by atoms with Crippen LogP contribution in [-0.4, -0.2) is 27.3 Å². The highest BCUT2D eigenvalue weighted by molar-refractivity contribution is 7.15. The van der Waals surface area contributed by atoms with Gasteiger partial charge < -0.3 is 10.1 Å². The van der Waals surface area contributed by atoms with Crippen LogP contribution >= 0.6 is 11.3 Å². The number of hydrogen-bond donors (Lipinski definition) is 2. The molecule has 7 heteroatoms. The van der Waals surface area contributed by atoms with Gasteiger partial charge >= 0.3 is 0 Å². The monoisotopic (exact) mass is 351 g/mol. The van der Waals surface area contributed by atoms with Gasteiger partial charge in [-0.15, -0.1) is 11.3 Å². The molecule has 0 unspecified atom stereocenters. The average molecular weight is 351 g/mol. The minimum absolute atomic E-state index is 0.736. The number of hydrogen-bond acceptors (Lipinski definition) is 6. The van der Waals surface area contributed by atoms with Crippen molar-refractivity contribution in [1.82, 2.24) is 20.2 Å². The number of aromatic nitrogens is 4. The molecule has 0 saturated heterocycles. The summed E-state index contributed by atoms with van der Waals surface area (Å²) in [5.41, 5.74) is 2.95. The fourth-order valence-electron chi connectivity index (χ4n) is 3.40. The number of aromatic amines is 1. The van der Waals surface area contributed by atoms with Crippen LogP contribution in [0.1, 0.15) is 23.4 Å². The molecule has 3 aromatic heterocycles. The number of methoxy groups -OCH3 is 1. The second-order valence-corrected chi connectivity index (χ2v) is 7.30. The predicted octanol–water partition coefficient (Wildman–Crippen LogP) is 4.20. The molecule has 0 saturated carbocycles. The third-order valence-electron chi connectivity index (χ3n) is 4.66. The van der Waals surface area contributed by atoms with E-state index in [1.54, 1.807) is 18.4 Å². The maximum absolute atomic E-state index is 5.34. The standard InChI is InChI=1S/C18H17N5OS/c1-24-10-6-7-13-11(8-10)12-9-19-23-16(12)17(20-13)22-18-21-14-4-2-3-5-15(14)25-18/h6-9H,2-5H2,1H3,(H,19,23)(H,20,21,22). The molecule has 0 aliphatic heterocycles. The molecular weight excluding hydrogens is 334 g/mol. The van der Waals surface area contributed by atoms with E-state index in [4.69, 9.17) is 14.7 Å². The largest absolute Gasteiger partial charge is 0.497 e. The Morgan fingerprint density at radius 2 is 2.08 bits per heavy atom. The SMILES string of the molecule is COc1ccc2nc(Nc3nc4c(s3)CCCC4)c3n[nH]cc3c2c1. The van der Waals surface area contributed by atoms with Crippen LogP contribution in [0.4, 0.5) is 10.9 Å². The lowest BCUT2D eigenvalue weighted by Gasteiger charge is -2.07. The average Bonchev–Trinajstić information content (AvgIpc) is 3.28. The maximum Gasteiger partial charge on any atom is 0.188 e. The molecule has 0 bridgehead atoms. The molecule has 1 aliphatic carbocycles. The molecule has 4 aromatic rings. The second kappa shape index (κ2) is 5.70. The van der Waals surface area contributed by atoms with Gasteiger partial charge in [0.15, 0.2) is 10.9 Å². The van der Waals surface area contributed by atoms with Crippen molar-refractivity contribution < 1.29 is 4.74 Å². The van der Waals surface area contributed by atoms with Crippen LogP contribution in [0.3, 0.4) is 0 Å². The highest BCUT2D eigenvalue weighted by Gasteiger charge is 2.17. The lowest BCUT2D eigenvalue weighted by molar-refractivity contribution is 0.415. The fraction of sp³-hybridized carbons (Fsp3) is 0.278. The van der Waals surface area contributed by atoms with Crippen molar-refractivity contribution >= 4 is 44.1 Å². The van der Waals surface area contributed by atoms with E-state index in [9.17, 15) is 0 Å². The van der Waals surface area contributed by atoms with Crippen molar-refractivity contribution in [2.24, 2.45) is 0 Å². The summed E-state index contributed by atoms with van der Waals surface area (Å²) >= 11 is 1.73. The van der Waals surface area contributed by atoms with Crippen LogP contribution in [0.2, 0.25) is 0 Å². The molecule has 1 aliphatic rings. The molecular formula is C18H17N5OS. The van der Waals surface area contributed by atoms with Gasteiger partial charge in [-0.1, -0.05) is 0 Å². The van der Waals surface area contributed by atoms with Crippen molar-refractivity contribution in [2.75, 3.05) is 12.4 Å². The summed E-state index contributed by atoms with van der Waals surface area (Å²) in [6.07, 6.45) is 6.61. The molecule has 0 amide bonds. The molecule has 0 spiro atoms. The Hall–Kier alpha value is -2.67. The predicted molar refractivity (Wildman–Crippen MR) is 100.0 cm³/mol. The first-order valence-corrected chi connectivity index (χ1v) is 9.20. The topological polar surface area (TPSA) is 75.7 Å². The van der Waals surface area contributed by atoms with Crippen LogP contribution in [-0.2, 0) is 12.8 Å². The van der Waals surface area contributed by atoms with Gasteiger partial charge in [-0.25, -0.2) is 9.97 Å².